The standard InChI is InChI=1S/C11H13BrO2/c1-14-10-7-4-6-9(11(10)13)5-2-3-8-12/h2,4-7,13H,3,8H2,1H3. The summed E-state index contributed by atoms with van der Waals surface area (Å²) < 4.78 is 5.00. The minimum Gasteiger partial charge on any atom is -0.504 e. The molecule has 14 heavy (non-hydrogen) atoms. The molecule has 0 aliphatic carbocycles. The Morgan fingerprint density at radius 3 is 2.93 bits per heavy atom. The highest BCUT2D eigenvalue weighted by Gasteiger charge is 2.03. The van der Waals surface area contributed by atoms with E-state index in [1.165, 1.54) is 0 Å². The Bertz CT molecular complexity index is 321. The molecule has 2 nitrogen and oxygen atoms in total. The van der Waals surface area contributed by atoms with Gasteiger partial charge in [-0.2, -0.15) is 0 Å². The maximum Gasteiger partial charge on any atom is 0.165 e. The Hall–Kier alpha value is -0.960. The second kappa shape index (κ2) is 5.70. The van der Waals surface area contributed by atoms with E-state index in [1.807, 2.05) is 24.3 Å². The van der Waals surface area contributed by atoms with Crippen LogP contribution in [0.4, 0.5) is 0 Å². The molecule has 0 aliphatic heterocycles. The van der Waals surface area contributed by atoms with Crippen molar-refractivity contribution < 1.29 is 9.84 Å². The molecular formula is C11H13BrO2. The van der Waals surface area contributed by atoms with E-state index in [2.05, 4.69) is 15.9 Å². The van der Waals surface area contributed by atoms with Gasteiger partial charge in [0.15, 0.2) is 11.5 Å². The molecule has 0 fully saturated rings. The van der Waals surface area contributed by atoms with Gasteiger partial charge in [-0.05, 0) is 12.5 Å². The van der Waals surface area contributed by atoms with Crippen LogP contribution in [-0.4, -0.2) is 17.5 Å². The number of phenols is 1. The zero-order valence-electron chi connectivity index (χ0n) is 8.03. The number of rotatable bonds is 4. The molecule has 0 spiro atoms. The van der Waals surface area contributed by atoms with Crippen LogP contribution in [0.25, 0.3) is 6.08 Å². The molecule has 0 aliphatic rings. The number of allylic oxidation sites excluding steroid dienone is 1. The summed E-state index contributed by atoms with van der Waals surface area (Å²) in [6, 6.07) is 5.44. The minimum atomic E-state index is 0.195. The van der Waals surface area contributed by atoms with Crippen molar-refractivity contribution in [2.45, 2.75) is 6.42 Å². The highest BCUT2D eigenvalue weighted by molar-refractivity contribution is 9.09. The van der Waals surface area contributed by atoms with Gasteiger partial charge in [0.1, 0.15) is 0 Å². The first-order valence-electron chi connectivity index (χ1n) is 4.38. The normalized spacial score (nSPS) is 10.7. The molecule has 76 valence electrons. The van der Waals surface area contributed by atoms with E-state index in [9.17, 15) is 5.11 Å². The van der Waals surface area contributed by atoms with Crippen LogP contribution in [0.15, 0.2) is 24.3 Å². The molecule has 1 aromatic rings. The van der Waals surface area contributed by atoms with E-state index in [1.54, 1.807) is 13.2 Å². The summed E-state index contributed by atoms with van der Waals surface area (Å²) in [6.45, 7) is 0. The fourth-order valence-corrected chi connectivity index (χ4v) is 1.38. The molecule has 0 radical (unpaired) electrons. The number of para-hydroxylation sites is 1. The van der Waals surface area contributed by atoms with Gasteiger partial charge in [-0.15, -0.1) is 0 Å². The number of methoxy groups -OCH3 is 1. The van der Waals surface area contributed by atoms with Crippen molar-refractivity contribution in [2.24, 2.45) is 0 Å². The Balaban J connectivity index is 2.86. The lowest BCUT2D eigenvalue weighted by Crippen LogP contribution is -1.84. The van der Waals surface area contributed by atoms with Crippen molar-refractivity contribution in [3.63, 3.8) is 0 Å². The van der Waals surface area contributed by atoms with Gasteiger partial charge in [0.2, 0.25) is 0 Å². The highest BCUT2D eigenvalue weighted by Crippen LogP contribution is 2.30. The molecule has 0 heterocycles. The number of alkyl halides is 1. The number of hydrogen-bond donors (Lipinski definition) is 1. The number of benzene rings is 1. The summed E-state index contributed by atoms with van der Waals surface area (Å²) >= 11 is 3.33. The second-order valence-corrected chi connectivity index (χ2v) is 3.57. The Morgan fingerprint density at radius 2 is 2.29 bits per heavy atom. The average molecular weight is 257 g/mol. The zero-order valence-corrected chi connectivity index (χ0v) is 9.62. The minimum absolute atomic E-state index is 0.195. The molecular weight excluding hydrogens is 244 g/mol. The maximum absolute atomic E-state index is 9.70. The van der Waals surface area contributed by atoms with E-state index in [0.29, 0.717) is 5.75 Å². The number of phenolic OH excluding ortho intramolecular Hbond substituents is 1. The molecule has 0 amide bonds. The van der Waals surface area contributed by atoms with E-state index in [0.717, 1.165) is 17.3 Å². The van der Waals surface area contributed by atoms with Gasteiger partial charge >= 0.3 is 0 Å². The smallest absolute Gasteiger partial charge is 0.165 e. The Morgan fingerprint density at radius 1 is 1.50 bits per heavy atom. The molecule has 3 heteroatoms. The maximum atomic E-state index is 9.70. The first-order chi connectivity index (χ1) is 6.79. The lowest BCUT2D eigenvalue weighted by Gasteiger charge is -2.04. The van der Waals surface area contributed by atoms with E-state index in [4.69, 9.17) is 4.74 Å². The van der Waals surface area contributed by atoms with Crippen LogP contribution in [0.1, 0.15) is 12.0 Å². The summed E-state index contributed by atoms with van der Waals surface area (Å²) in [5.41, 5.74) is 0.783. The van der Waals surface area contributed by atoms with Crippen LogP contribution < -0.4 is 4.74 Å². The van der Waals surface area contributed by atoms with Crippen LogP contribution in [0.5, 0.6) is 11.5 Å². The number of hydrogen-bond acceptors (Lipinski definition) is 2. The first kappa shape index (κ1) is 11.1. The molecule has 0 atom stereocenters. The Kier molecular flexibility index (Phi) is 4.53. The molecule has 0 aromatic heterocycles. The third-order valence-electron chi connectivity index (χ3n) is 1.82. The van der Waals surface area contributed by atoms with Gasteiger partial charge in [-0.25, -0.2) is 0 Å². The molecule has 1 rings (SSSR count). The predicted octanol–water partition coefficient (Wildman–Crippen LogP) is 3.20. The fraction of sp³-hybridized carbons (Fsp3) is 0.273. The van der Waals surface area contributed by atoms with Crippen LogP contribution >= 0.6 is 15.9 Å². The summed E-state index contributed by atoms with van der Waals surface area (Å²) in [5.74, 6) is 0.701. The van der Waals surface area contributed by atoms with Crippen LogP contribution in [0.2, 0.25) is 0 Å². The number of ether oxygens (including phenoxy) is 1. The van der Waals surface area contributed by atoms with E-state index in [-0.39, 0.29) is 5.75 Å². The highest BCUT2D eigenvalue weighted by atomic mass is 79.9. The van der Waals surface area contributed by atoms with E-state index >= 15 is 0 Å². The SMILES string of the molecule is COc1cccc(C=CCCBr)c1O. The monoisotopic (exact) mass is 256 g/mol. The largest absolute Gasteiger partial charge is 0.504 e. The third kappa shape index (κ3) is 2.77. The average Bonchev–Trinajstić information content (AvgIpc) is 2.21. The number of aromatic hydroxyl groups is 1. The van der Waals surface area contributed by atoms with Crippen molar-refractivity contribution in [1.29, 1.82) is 0 Å². The summed E-state index contributed by atoms with van der Waals surface area (Å²) in [7, 11) is 1.54. The lowest BCUT2D eigenvalue weighted by atomic mass is 10.1. The van der Waals surface area contributed by atoms with Crippen molar-refractivity contribution >= 4 is 22.0 Å². The van der Waals surface area contributed by atoms with Gasteiger partial charge in [0.05, 0.1) is 7.11 Å². The van der Waals surface area contributed by atoms with Crippen molar-refractivity contribution in [2.75, 3.05) is 12.4 Å². The van der Waals surface area contributed by atoms with Crippen LogP contribution in [-0.2, 0) is 0 Å². The lowest BCUT2D eigenvalue weighted by molar-refractivity contribution is 0.373. The Labute approximate surface area is 92.3 Å². The van der Waals surface area contributed by atoms with Crippen LogP contribution in [0.3, 0.4) is 0 Å². The molecule has 0 saturated carbocycles. The molecule has 0 bridgehead atoms. The van der Waals surface area contributed by atoms with Gasteiger partial charge in [0, 0.05) is 10.9 Å². The van der Waals surface area contributed by atoms with Gasteiger partial charge in [-0.1, -0.05) is 40.2 Å². The molecule has 0 saturated heterocycles. The molecule has 1 N–H and O–H groups in total. The van der Waals surface area contributed by atoms with Gasteiger partial charge < -0.3 is 9.84 Å². The third-order valence-corrected chi connectivity index (χ3v) is 2.28. The topological polar surface area (TPSA) is 29.5 Å². The number of halogens is 1. The van der Waals surface area contributed by atoms with Crippen molar-refractivity contribution in [3.05, 3.63) is 29.8 Å². The quantitative estimate of drug-likeness (QED) is 0.839. The van der Waals surface area contributed by atoms with E-state index < -0.39 is 0 Å². The van der Waals surface area contributed by atoms with Crippen molar-refractivity contribution in [1.82, 2.24) is 0 Å². The molecule has 0 unspecified atom stereocenters. The van der Waals surface area contributed by atoms with Gasteiger partial charge in [-0.3, -0.25) is 0 Å². The summed E-state index contributed by atoms with van der Waals surface area (Å²) in [5, 5.41) is 10.6. The van der Waals surface area contributed by atoms with Gasteiger partial charge in [0.25, 0.3) is 0 Å². The second-order valence-electron chi connectivity index (χ2n) is 2.78. The summed E-state index contributed by atoms with van der Waals surface area (Å²) in [6.07, 6.45) is 4.83. The molecule has 1 aromatic carbocycles. The van der Waals surface area contributed by atoms with Crippen molar-refractivity contribution in [3.8, 4) is 11.5 Å². The van der Waals surface area contributed by atoms with Crippen LogP contribution in [0, 0.1) is 0 Å². The first-order valence-corrected chi connectivity index (χ1v) is 5.50. The summed E-state index contributed by atoms with van der Waals surface area (Å²) in [4.78, 5) is 0. The predicted molar refractivity (Wildman–Crippen MR) is 62.1 cm³/mol. The zero-order chi connectivity index (χ0) is 10.4. The fourth-order valence-electron chi connectivity index (χ4n) is 1.11.